The van der Waals surface area contributed by atoms with Gasteiger partial charge in [0.1, 0.15) is 0 Å². The summed E-state index contributed by atoms with van der Waals surface area (Å²) in [5.74, 6) is 1.02. The lowest BCUT2D eigenvalue weighted by Gasteiger charge is -2.08. The summed E-state index contributed by atoms with van der Waals surface area (Å²) in [7, 11) is 0. The van der Waals surface area contributed by atoms with E-state index in [0.29, 0.717) is 6.42 Å². The molecule has 1 amide bonds. The van der Waals surface area contributed by atoms with E-state index in [1.165, 1.54) is 25.7 Å². The second kappa shape index (κ2) is 4.30. The fourth-order valence-corrected chi connectivity index (χ4v) is 2.29. The first kappa shape index (κ1) is 9.97. The second-order valence-corrected chi connectivity index (χ2v) is 4.76. The molecule has 2 aliphatic carbocycles. The number of amides is 1. The van der Waals surface area contributed by atoms with Crippen LogP contribution in [-0.2, 0) is 4.79 Å². The third-order valence-electron chi connectivity index (χ3n) is 3.44. The molecular formula is C11H20N2O. The van der Waals surface area contributed by atoms with Crippen molar-refractivity contribution in [1.82, 2.24) is 5.32 Å². The quantitative estimate of drug-likeness (QED) is 0.709. The summed E-state index contributed by atoms with van der Waals surface area (Å²) < 4.78 is 0. The Labute approximate surface area is 85.4 Å². The van der Waals surface area contributed by atoms with Crippen molar-refractivity contribution in [2.75, 3.05) is 0 Å². The van der Waals surface area contributed by atoms with Gasteiger partial charge in [-0.25, -0.2) is 0 Å². The first-order valence-corrected chi connectivity index (χ1v) is 5.80. The number of carbonyl (C=O) groups is 1. The van der Waals surface area contributed by atoms with Crippen LogP contribution in [-0.4, -0.2) is 18.0 Å². The third-order valence-corrected chi connectivity index (χ3v) is 3.44. The molecule has 80 valence electrons. The molecule has 2 rings (SSSR count). The molecule has 0 heterocycles. The summed E-state index contributed by atoms with van der Waals surface area (Å²) in [6.45, 7) is 0. The van der Waals surface area contributed by atoms with Crippen LogP contribution in [0.1, 0.15) is 44.9 Å². The minimum atomic E-state index is 0.204. The second-order valence-electron chi connectivity index (χ2n) is 4.76. The highest BCUT2D eigenvalue weighted by atomic mass is 16.1. The van der Waals surface area contributed by atoms with Crippen LogP contribution in [0.5, 0.6) is 0 Å². The van der Waals surface area contributed by atoms with Crippen LogP contribution in [0.25, 0.3) is 0 Å². The van der Waals surface area contributed by atoms with Gasteiger partial charge in [-0.3, -0.25) is 4.79 Å². The van der Waals surface area contributed by atoms with Crippen molar-refractivity contribution in [3.63, 3.8) is 0 Å². The van der Waals surface area contributed by atoms with Gasteiger partial charge in [-0.15, -0.1) is 0 Å². The monoisotopic (exact) mass is 196 g/mol. The minimum Gasteiger partial charge on any atom is -0.352 e. The van der Waals surface area contributed by atoms with Crippen LogP contribution in [0.4, 0.5) is 0 Å². The van der Waals surface area contributed by atoms with Gasteiger partial charge in [0.2, 0.25) is 5.91 Å². The number of nitrogens with one attached hydrogen (secondary N) is 1. The lowest BCUT2D eigenvalue weighted by atomic mass is 10.0. The summed E-state index contributed by atoms with van der Waals surface area (Å²) in [4.78, 5) is 11.4. The summed E-state index contributed by atoms with van der Waals surface area (Å²) in [6, 6.07) is 0.511. The van der Waals surface area contributed by atoms with Crippen LogP contribution in [0.15, 0.2) is 0 Å². The molecule has 2 fully saturated rings. The first-order valence-electron chi connectivity index (χ1n) is 5.80. The highest BCUT2D eigenvalue weighted by molar-refractivity contribution is 5.76. The van der Waals surface area contributed by atoms with Gasteiger partial charge in [-0.2, -0.15) is 0 Å². The van der Waals surface area contributed by atoms with Crippen LogP contribution in [0.3, 0.4) is 0 Å². The zero-order chi connectivity index (χ0) is 9.97. The van der Waals surface area contributed by atoms with Gasteiger partial charge in [0.25, 0.3) is 0 Å². The smallest absolute Gasteiger partial charge is 0.220 e. The Bertz CT molecular complexity index is 211. The Morgan fingerprint density at radius 1 is 1.36 bits per heavy atom. The Morgan fingerprint density at radius 3 is 2.57 bits per heavy atom. The third kappa shape index (κ3) is 2.71. The van der Waals surface area contributed by atoms with Crippen LogP contribution < -0.4 is 11.1 Å². The van der Waals surface area contributed by atoms with Crippen molar-refractivity contribution < 1.29 is 4.79 Å². The van der Waals surface area contributed by atoms with Crippen molar-refractivity contribution in [1.29, 1.82) is 0 Å². The van der Waals surface area contributed by atoms with Gasteiger partial charge in [-0.1, -0.05) is 25.7 Å². The summed E-state index contributed by atoms with van der Waals surface area (Å²) >= 11 is 0. The molecule has 14 heavy (non-hydrogen) atoms. The number of nitrogens with two attached hydrogens (primary N) is 1. The predicted molar refractivity (Wildman–Crippen MR) is 55.7 cm³/mol. The van der Waals surface area contributed by atoms with Gasteiger partial charge in [0.15, 0.2) is 0 Å². The molecule has 0 spiro atoms. The van der Waals surface area contributed by atoms with E-state index in [1.54, 1.807) is 0 Å². The molecule has 2 saturated carbocycles. The molecule has 0 saturated heterocycles. The Balaban J connectivity index is 1.57. The van der Waals surface area contributed by atoms with E-state index < -0.39 is 0 Å². The van der Waals surface area contributed by atoms with E-state index in [1.807, 2.05) is 0 Å². The van der Waals surface area contributed by atoms with Crippen molar-refractivity contribution in [3.05, 3.63) is 0 Å². The maximum atomic E-state index is 11.4. The van der Waals surface area contributed by atoms with E-state index in [0.717, 1.165) is 18.8 Å². The molecule has 0 bridgehead atoms. The van der Waals surface area contributed by atoms with E-state index >= 15 is 0 Å². The highest BCUT2D eigenvalue weighted by Gasteiger charge is 2.34. The zero-order valence-electron chi connectivity index (χ0n) is 8.67. The lowest BCUT2D eigenvalue weighted by Crippen LogP contribution is -2.29. The molecule has 0 aromatic heterocycles. The highest BCUT2D eigenvalue weighted by Crippen LogP contribution is 2.28. The van der Waals surface area contributed by atoms with E-state index in [-0.39, 0.29) is 18.0 Å². The summed E-state index contributed by atoms with van der Waals surface area (Å²) in [5, 5.41) is 2.96. The number of hydrogen-bond donors (Lipinski definition) is 2. The molecule has 2 unspecified atom stereocenters. The largest absolute Gasteiger partial charge is 0.352 e. The molecule has 0 aromatic rings. The maximum Gasteiger partial charge on any atom is 0.220 e. The average Bonchev–Trinajstić information content (AvgIpc) is 2.71. The van der Waals surface area contributed by atoms with Gasteiger partial charge in [0, 0.05) is 18.5 Å². The zero-order valence-corrected chi connectivity index (χ0v) is 8.67. The molecule has 0 aliphatic heterocycles. The van der Waals surface area contributed by atoms with Crippen LogP contribution >= 0.6 is 0 Å². The predicted octanol–water partition coefficient (Wildman–Crippen LogP) is 1.17. The van der Waals surface area contributed by atoms with Crippen LogP contribution in [0.2, 0.25) is 0 Å². The molecule has 3 N–H and O–H groups in total. The fourth-order valence-electron chi connectivity index (χ4n) is 2.29. The first-order chi connectivity index (χ1) is 6.75. The number of rotatable bonds is 4. The van der Waals surface area contributed by atoms with Gasteiger partial charge >= 0.3 is 0 Å². The Kier molecular flexibility index (Phi) is 3.06. The van der Waals surface area contributed by atoms with E-state index in [9.17, 15) is 4.79 Å². The normalized spacial score (nSPS) is 31.8. The number of hydrogen-bond acceptors (Lipinski definition) is 2. The van der Waals surface area contributed by atoms with Crippen molar-refractivity contribution in [2.45, 2.75) is 57.0 Å². The van der Waals surface area contributed by atoms with Gasteiger partial charge in [0.05, 0.1) is 0 Å². The molecule has 3 nitrogen and oxygen atoms in total. The average molecular weight is 196 g/mol. The SMILES string of the molecule is NC1CC1NC(=O)CCC1CCCC1. The Hall–Kier alpha value is -0.570. The molecule has 0 radical (unpaired) electrons. The van der Waals surface area contributed by atoms with Gasteiger partial charge in [-0.05, 0) is 18.8 Å². The van der Waals surface area contributed by atoms with Crippen molar-refractivity contribution >= 4 is 5.91 Å². The Morgan fingerprint density at radius 2 is 2.00 bits per heavy atom. The molecule has 3 heteroatoms. The topological polar surface area (TPSA) is 55.1 Å². The molecule has 2 atom stereocenters. The molecular weight excluding hydrogens is 176 g/mol. The van der Waals surface area contributed by atoms with E-state index in [2.05, 4.69) is 5.32 Å². The fraction of sp³-hybridized carbons (Fsp3) is 0.909. The summed E-state index contributed by atoms with van der Waals surface area (Å²) in [5.41, 5.74) is 5.62. The maximum absolute atomic E-state index is 11.4. The van der Waals surface area contributed by atoms with Crippen LogP contribution in [0, 0.1) is 5.92 Å². The minimum absolute atomic E-state index is 0.204. The lowest BCUT2D eigenvalue weighted by molar-refractivity contribution is -0.121. The standard InChI is InChI=1S/C11H20N2O/c12-9-7-10(9)13-11(14)6-5-8-3-1-2-4-8/h8-10H,1-7,12H2,(H,13,14). The molecule has 2 aliphatic rings. The van der Waals surface area contributed by atoms with Crippen molar-refractivity contribution in [2.24, 2.45) is 11.7 Å². The summed E-state index contributed by atoms with van der Waals surface area (Å²) in [6.07, 6.45) is 8.13. The van der Waals surface area contributed by atoms with Gasteiger partial charge < -0.3 is 11.1 Å². The van der Waals surface area contributed by atoms with Crippen molar-refractivity contribution in [3.8, 4) is 0 Å². The molecule has 0 aromatic carbocycles. The van der Waals surface area contributed by atoms with E-state index in [4.69, 9.17) is 5.73 Å². The number of carbonyl (C=O) groups excluding carboxylic acids is 1.